The summed E-state index contributed by atoms with van der Waals surface area (Å²) in [5, 5.41) is 0. The highest BCUT2D eigenvalue weighted by molar-refractivity contribution is 9.10. The number of aromatic amines is 1. The van der Waals surface area contributed by atoms with Crippen molar-refractivity contribution in [3.8, 4) is 0 Å². The Morgan fingerprint density at radius 3 is 2.84 bits per heavy atom. The van der Waals surface area contributed by atoms with E-state index in [1.54, 1.807) is 12.1 Å². The number of hydrogen-bond acceptors (Lipinski definition) is 2. The van der Waals surface area contributed by atoms with Gasteiger partial charge in [-0.3, -0.25) is 0 Å². The molecule has 19 heavy (non-hydrogen) atoms. The highest BCUT2D eigenvalue weighted by atomic mass is 79.9. The Bertz CT molecular complexity index is 682. The van der Waals surface area contributed by atoms with Crippen molar-refractivity contribution in [1.29, 1.82) is 0 Å². The van der Waals surface area contributed by atoms with Crippen LogP contribution >= 0.6 is 39.9 Å². The topological polar surface area (TPSA) is 20.7 Å². The van der Waals surface area contributed by atoms with Gasteiger partial charge in [0.2, 0.25) is 0 Å². The van der Waals surface area contributed by atoms with E-state index in [-0.39, 0.29) is 10.6 Å². The number of nitrogens with zero attached hydrogens (tertiary/aromatic N) is 1. The lowest BCUT2D eigenvalue weighted by Gasteiger charge is -2.40. The highest BCUT2D eigenvalue weighted by Crippen LogP contribution is 2.44. The zero-order valence-electron chi connectivity index (χ0n) is 10.5. The monoisotopic (exact) mass is 360 g/mol. The van der Waals surface area contributed by atoms with Crippen molar-refractivity contribution in [3.05, 3.63) is 27.2 Å². The zero-order chi connectivity index (χ0) is 13.6. The summed E-state index contributed by atoms with van der Waals surface area (Å²) in [6.45, 7) is 0.855. The fraction of sp³-hybridized carbons (Fsp3) is 0.462. The van der Waals surface area contributed by atoms with Gasteiger partial charge < -0.3 is 9.55 Å². The SMILES string of the molecule is CSC1(Cn2c(=S)[nH]c3cc(Br)c(F)cc32)CCC1. The quantitative estimate of drug-likeness (QED) is 0.786. The Morgan fingerprint density at radius 1 is 1.53 bits per heavy atom. The minimum atomic E-state index is -0.248. The second-order valence-corrected chi connectivity index (χ2v) is 7.56. The highest BCUT2D eigenvalue weighted by Gasteiger charge is 2.37. The summed E-state index contributed by atoms with van der Waals surface area (Å²) in [5.74, 6) is -0.248. The van der Waals surface area contributed by atoms with Gasteiger partial charge in [-0.1, -0.05) is 6.42 Å². The summed E-state index contributed by atoms with van der Waals surface area (Å²) >= 11 is 10.5. The average Bonchev–Trinajstić information content (AvgIpc) is 2.61. The largest absolute Gasteiger partial charge is 0.331 e. The van der Waals surface area contributed by atoms with Crippen LogP contribution in [0, 0.1) is 10.6 Å². The molecule has 1 saturated carbocycles. The van der Waals surface area contributed by atoms with E-state index in [2.05, 4.69) is 27.2 Å². The van der Waals surface area contributed by atoms with Crippen LogP contribution in [0.1, 0.15) is 19.3 Å². The molecule has 0 amide bonds. The van der Waals surface area contributed by atoms with Gasteiger partial charge in [-0.2, -0.15) is 11.8 Å². The van der Waals surface area contributed by atoms with Crippen LogP contribution < -0.4 is 0 Å². The molecule has 1 aromatic carbocycles. The molecule has 1 N–H and O–H groups in total. The van der Waals surface area contributed by atoms with E-state index in [0.29, 0.717) is 9.24 Å². The summed E-state index contributed by atoms with van der Waals surface area (Å²) < 4.78 is 17.2. The van der Waals surface area contributed by atoms with Gasteiger partial charge >= 0.3 is 0 Å². The minimum Gasteiger partial charge on any atom is -0.331 e. The molecule has 1 aliphatic rings. The van der Waals surface area contributed by atoms with Gasteiger partial charge in [-0.25, -0.2) is 4.39 Å². The van der Waals surface area contributed by atoms with Crippen molar-refractivity contribution in [1.82, 2.24) is 9.55 Å². The molecule has 1 aliphatic carbocycles. The maximum Gasteiger partial charge on any atom is 0.178 e. The lowest BCUT2D eigenvalue weighted by Crippen LogP contribution is -2.37. The van der Waals surface area contributed by atoms with E-state index < -0.39 is 0 Å². The minimum absolute atomic E-state index is 0.248. The Hall–Kier alpha value is -0.330. The van der Waals surface area contributed by atoms with Crippen LogP contribution in [-0.4, -0.2) is 20.6 Å². The molecule has 0 radical (unpaired) electrons. The molecule has 0 unspecified atom stereocenters. The molecule has 1 fully saturated rings. The lowest BCUT2D eigenvalue weighted by molar-refractivity contribution is 0.323. The number of thioether (sulfide) groups is 1. The zero-order valence-corrected chi connectivity index (χ0v) is 13.7. The van der Waals surface area contributed by atoms with Crippen LogP contribution in [0.2, 0.25) is 0 Å². The predicted molar refractivity (Wildman–Crippen MR) is 84.9 cm³/mol. The number of fused-ring (bicyclic) bond motifs is 1. The van der Waals surface area contributed by atoms with Gasteiger partial charge in [0.25, 0.3) is 0 Å². The van der Waals surface area contributed by atoms with Gasteiger partial charge in [0.05, 0.1) is 15.5 Å². The Labute approximate surface area is 128 Å². The Balaban J connectivity index is 2.10. The van der Waals surface area contributed by atoms with Crippen LogP contribution in [-0.2, 0) is 6.54 Å². The van der Waals surface area contributed by atoms with Crippen LogP contribution in [0.3, 0.4) is 0 Å². The number of H-pyrrole nitrogens is 1. The summed E-state index contributed by atoms with van der Waals surface area (Å²) in [5.41, 5.74) is 1.74. The Kier molecular flexibility index (Phi) is 3.52. The number of benzene rings is 1. The number of halogens is 2. The molecule has 1 aromatic heterocycles. The van der Waals surface area contributed by atoms with E-state index in [4.69, 9.17) is 12.2 Å². The van der Waals surface area contributed by atoms with Gasteiger partial charge in [-0.15, -0.1) is 0 Å². The third-order valence-electron chi connectivity index (χ3n) is 3.96. The first-order chi connectivity index (χ1) is 9.04. The van der Waals surface area contributed by atoms with Crippen LogP contribution in [0.15, 0.2) is 16.6 Å². The number of nitrogens with one attached hydrogen (secondary N) is 1. The molecule has 3 rings (SSSR count). The molecular weight excluding hydrogens is 347 g/mol. The van der Waals surface area contributed by atoms with Crippen molar-refractivity contribution in [3.63, 3.8) is 0 Å². The molecule has 0 aliphatic heterocycles. The Morgan fingerprint density at radius 2 is 2.26 bits per heavy atom. The van der Waals surface area contributed by atoms with Gasteiger partial charge in [0.15, 0.2) is 4.77 Å². The molecule has 0 saturated heterocycles. The summed E-state index contributed by atoms with van der Waals surface area (Å²) in [6, 6.07) is 3.31. The van der Waals surface area contributed by atoms with Gasteiger partial charge in [0.1, 0.15) is 5.82 Å². The number of imidazole rings is 1. The van der Waals surface area contributed by atoms with Crippen molar-refractivity contribution in [2.75, 3.05) is 6.26 Å². The van der Waals surface area contributed by atoms with Crippen molar-refractivity contribution < 1.29 is 4.39 Å². The third kappa shape index (κ3) is 2.28. The van der Waals surface area contributed by atoms with E-state index in [0.717, 1.165) is 17.6 Å². The summed E-state index contributed by atoms with van der Waals surface area (Å²) in [7, 11) is 0. The van der Waals surface area contributed by atoms with E-state index in [9.17, 15) is 4.39 Å². The first-order valence-corrected chi connectivity index (χ1v) is 8.60. The fourth-order valence-electron chi connectivity index (χ4n) is 2.59. The second-order valence-electron chi connectivity index (χ2n) is 5.04. The number of hydrogen-bond donors (Lipinski definition) is 1. The smallest absolute Gasteiger partial charge is 0.178 e. The van der Waals surface area contributed by atoms with Crippen molar-refractivity contribution in [2.45, 2.75) is 30.6 Å². The fourth-order valence-corrected chi connectivity index (χ4v) is 4.17. The molecule has 0 spiro atoms. The first-order valence-electron chi connectivity index (χ1n) is 6.17. The van der Waals surface area contributed by atoms with E-state index in [1.807, 2.05) is 16.3 Å². The van der Waals surface area contributed by atoms with E-state index in [1.165, 1.54) is 19.3 Å². The molecule has 2 aromatic rings. The average molecular weight is 361 g/mol. The van der Waals surface area contributed by atoms with Crippen LogP contribution in [0.5, 0.6) is 0 Å². The van der Waals surface area contributed by atoms with Crippen molar-refractivity contribution in [2.24, 2.45) is 0 Å². The number of rotatable bonds is 3. The molecule has 2 nitrogen and oxygen atoms in total. The van der Waals surface area contributed by atoms with Crippen molar-refractivity contribution >= 4 is 50.9 Å². The molecule has 0 atom stereocenters. The second kappa shape index (κ2) is 4.90. The molecule has 1 heterocycles. The third-order valence-corrected chi connectivity index (χ3v) is 6.29. The molecule has 0 bridgehead atoms. The van der Waals surface area contributed by atoms with Crippen LogP contribution in [0.4, 0.5) is 4.39 Å². The number of aromatic nitrogens is 2. The maximum atomic E-state index is 13.7. The summed E-state index contributed by atoms with van der Waals surface area (Å²) in [6.07, 6.45) is 5.84. The normalized spacial score (nSPS) is 17.6. The summed E-state index contributed by atoms with van der Waals surface area (Å²) in [4.78, 5) is 3.16. The standard InChI is InChI=1S/C13H14BrFN2S2/c1-19-13(3-2-4-13)7-17-11-6-9(15)8(14)5-10(11)16-12(17)18/h5-6H,2-4,7H2,1H3,(H,16,18). The van der Waals surface area contributed by atoms with Gasteiger partial charge in [0, 0.05) is 17.4 Å². The molecular formula is C13H14BrFN2S2. The maximum absolute atomic E-state index is 13.7. The van der Waals surface area contributed by atoms with E-state index >= 15 is 0 Å². The predicted octanol–water partition coefficient (Wildman–Crippen LogP) is 4.89. The molecule has 6 heteroatoms. The van der Waals surface area contributed by atoms with Gasteiger partial charge in [-0.05, 0) is 53.3 Å². The first kappa shape index (κ1) is 13.6. The lowest BCUT2D eigenvalue weighted by atomic mass is 9.84. The van der Waals surface area contributed by atoms with Crippen LogP contribution in [0.25, 0.3) is 11.0 Å². The molecule has 102 valence electrons.